The van der Waals surface area contributed by atoms with E-state index in [0.717, 1.165) is 27.8 Å². The minimum atomic E-state index is -0.602. The Kier molecular flexibility index (Phi) is 19.2. The molecular formula is C53H68N2O10. The highest BCUT2D eigenvalue weighted by atomic mass is 16.6. The molecule has 65 heavy (non-hydrogen) atoms. The van der Waals surface area contributed by atoms with Crippen LogP contribution in [0.25, 0.3) is 33.4 Å². The van der Waals surface area contributed by atoms with Crippen LogP contribution in [-0.4, -0.2) is 51.6 Å². The van der Waals surface area contributed by atoms with Gasteiger partial charge in [0.15, 0.2) is 23.0 Å². The average molecular weight is 893 g/mol. The first kappa shape index (κ1) is 50.0. The SMILES string of the molecule is CC=CC(=O)Oc1c(CN)c(OCCC)c(-c2ccc3c(c2-c2c(OCCC)c(CN)c(OC(=O)C=CC)c(OCCC)c2OCCC)Cc2ccccc2-3)c(OCCC)c1OCCC. The smallest absolute Gasteiger partial charge is 0.335 e. The fraction of sp³-hybridized carbons (Fsp3) is 0.434. The van der Waals surface area contributed by atoms with Gasteiger partial charge >= 0.3 is 11.9 Å². The molecule has 1 aliphatic rings. The van der Waals surface area contributed by atoms with Crippen LogP contribution in [0.1, 0.15) is 116 Å². The molecule has 0 amide bonds. The molecular weight excluding hydrogens is 825 g/mol. The van der Waals surface area contributed by atoms with E-state index in [-0.39, 0.29) is 49.3 Å². The van der Waals surface area contributed by atoms with E-state index in [2.05, 4.69) is 24.3 Å². The highest BCUT2D eigenvalue weighted by molar-refractivity contribution is 6.03. The van der Waals surface area contributed by atoms with Gasteiger partial charge in [0, 0.05) is 30.8 Å². The molecule has 0 unspecified atom stereocenters. The maximum absolute atomic E-state index is 13.4. The molecule has 0 spiro atoms. The van der Waals surface area contributed by atoms with E-state index in [0.29, 0.717) is 122 Å². The largest absolute Gasteiger partial charge is 0.492 e. The van der Waals surface area contributed by atoms with Gasteiger partial charge in [0.05, 0.1) is 61.9 Å². The van der Waals surface area contributed by atoms with Crippen molar-refractivity contribution in [2.24, 2.45) is 11.5 Å². The van der Waals surface area contributed by atoms with Gasteiger partial charge in [-0.3, -0.25) is 0 Å². The third-order valence-corrected chi connectivity index (χ3v) is 10.5. The minimum Gasteiger partial charge on any atom is -0.492 e. The van der Waals surface area contributed by atoms with Crippen LogP contribution in [0.2, 0.25) is 0 Å². The number of hydrogen-bond acceptors (Lipinski definition) is 12. The van der Waals surface area contributed by atoms with Crippen molar-refractivity contribution in [1.82, 2.24) is 0 Å². The molecule has 0 fully saturated rings. The number of nitrogens with two attached hydrogens (primary N) is 2. The Morgan fingerprint density at radius 2 is 0.877 bits per heavy atom. The minimum absolute atomic E-state index is 0.0684. The molecule has 0 radical (unpaired) electrons. The molecule has 0 heterocycles. The van der Waals surface area contributed by atoms with E-state index in [1.807, 2.05) is 53.7 Å². The zero-order valence-electron chi connectivity index (χ0n) is 39.6. The van der Waals surface area contributed by atoms with E-state index >= 15 is 0 Å². The maximum atomic E-state index is 13.4. The van der Waals surface area contributed by atoms with E-state index in [4.69, 9.17) is 49.4 Å². The van der Waals surface area contributed by atoms with Gasteiger partial charge in [0.2, 0.25) is 11.5 Å². The lowest BCUT2D eigenvalue weighted by Crippen LogP contribution is -2.16. The fourth-order valence-electron chi connectivity index (χ4n) is 7.81. The molecule has 0 saturated heterocycles. The van der Waals surface area contributed by atoms with E-state index in [1.54, 1.807) is 26.0 Å². The number of rotatable bonds is 26. The summed E-state index contributed by atoms with van der Waals surface area (Å²) in [5.74, 6) is 0.974. The average Bonchev–Trinajstić information content (AvgIpc) is 3.69. The molecule has 0 atom stereocenters. The first-order valence-corrected chi connectivity index (χ1v) is 23.3. The van der Waals surface area contributed by atoms with Crippen molar-refractivity contribution in [2.45, 2.75) is 113 Å². The molecule has 1 aliphatic carbocycles. The molecule has 0 bridgehead atoms. The van der Waals surface area contributed by atoms with Gasteiger partial charge < -0.3 is 49.4 Å². The number of carbonyl (C=O) groups is 2. The molecule has 350 valence electrons. The summed E-state index contributed by atoms with van der Waals surface area (Å²) >= 11 is 0. The summed E-state index contributed by atoms with van der Waals surface area (Å²) in [6.45, 7) is 17.2. The lowest BCUT2D eigenvalue weighted by molar-refractivity contribution is -0.130. The van der Waals surface area contributed by atoms with Crippen LogP contribution >= 0.6 is 0 Å². The van der Waals surface area contributed by atoms with Gasteiger partial charge in [-0.1, -0.05) is 90.1 Å². The van der Waals surface area contributed by atoms with Crippen LogP contribution in [0.5, 0.6) is 46.0 Å². The van der Waals surface area contributed by atoms with Gasteiger partial charge in [-0.25, -0.2) is 9.59 Å². The molecule has 12 heteroatoms. The molecule has 0 aromatic heterocycles. The highest BCUT2D eigenvalue weighted by Crippen LogP contribution is 2.61. The maximum Gasteiger partial charge on any atom is 0.335 e. The Bertz CT molecular complexity index is 2330. The third kappa shape index (κ3) is 11.1. The van der Waals surface area contributed by atoms with Crippen LogP contribution in [-0.2, 0) is 29.1 Å². The van der Waals surface area contributed by atoms with Crippen molar-refractivity contribution in [2.75, 3.05) is 39.6 Å². The van der Waals surface area contributed by atoms with Crippen molar-refractivity contribution in [3.8, 4) is 79.4 Å². The van der Waals surface area contributed by atoms with Crippen LogP contribution in [0.3, 0.4) is 0 Å². The number of esters is 2. The summed E-state index contributed by atoms with van der Waals surface area (Å²) in [6, 6.07) is 12.5. The Balaban J connectivity index is 2.14. The number of benzene rings is 4. The zero-order valence-corrected chi connectivity index (χ0v) is 39.6. The second-order valence-electron chi connectivity index (χ2n) is 15.5. The summed E-state index contributed by atoms with van der Waals surface area (Å²) < 4.78 is 52.9. The van der Waals surface area contributed by atoms with Crippen LogP contribution < -0.4 is 49.4 Å². The summed E-state index contributed by atoms with van der Waals surface area (Å²) in [5.41, 5.74) is 21.1. The predicted octanol–water partition coefficient (Wildman–Crippen LogP) is 11.2. The molecule has 4 aromatic carbocycles. The second-order valence-corrected chi connectivity index (χ2v) is 15.5. The molecule has 0 aliphatic heterocycles. The number of allylic oxidation sites excluding steroid dienone is 2. The van der Waals surface area contributed by atoms with Crippen molar-refractivity contribution < 1.29 is 47.5 Å². The van der Waals surface area contributed by atoms with Gasteiger partial charge in [-0.2, -0.15) is 0 Å². The number of ether oxygens (including phenoxy) is 8. The Morgan fingerprint density at radius 1 is 0.477 bits per heavy atom. The molecule has 5 rings (SSSR count). The van der Waals surface area contributed by atoms with Gasteiger partial charge in [0.1, 0.15) is 11.5 Å². The molecule has 0 saturated carbocycles. The van der Waals surface area contributed by atoms with Crippen molar-refractivity contribution in [3.63, 3.8) is 0 Å². The molecule has 12 nitrogen and oxygen atoms in total. The van der Waals surface area contributed by atoms with E-state index < -0.39 is 11.9 Å². The standard InChI is InChI=1S/C53H68N2O10/c1-9-19-41(56)64-48-39(32-54)46(58-25-11-3)44(50(60-27-13-5)52(48)62-29-15-7)37-24-23-36-35-22-18-17-21-34(35)31-38(36)43(37)45-47(59-26-12-4)40(33-55)49(65-42(57)20-10-2)53(63-30-16-8)51(45)61-28-14-6/h9-10,17-24H,11-16,25-33,54-55H2,1-8H3. The summed E-state index contributed by atoms with van der Waals surface area (Å²) in [7, 11) is 0. The second kappa shape index (κ2) is 24.9. The van der Waals surface area contributed by atoms with E-state index in [9.17, 15) is 9.59 Å². The quantitative estimate of drug-likeness (QED) is 0.0308. The first-order valence-electron chi connectivity index (χ1n) is 23.3. The number of hydrogen-bond donors (Lipinski definition) is 2. The van der Waals surface area contributed by atoms with Crippen LogP contribution in [0, 0.1) is 0 Å². The zero-order chi connectivity index (χ0) is 46.9. The summed E-state index contributed by atoms with van der Waals surface area (Å²) in [4.78, 5) is 26.8. The number of carbonyl (C=O) groups excluding carboxylic acids is 2. The predicted molar refractivity (Wildman–Crippen MR) is 257 cm³/mol. The van der Waals surface area contributed by atoms with Crippen molar-refractivity contribution >= 4 is 11.9 Å². The van der Waals surface area contributed by atoms with Gasteiger partial charge in [-0.15, -0.1) is 0 Å². The van der Waals surface area contributed by atoms with Gasteiger partial charge in [0.25, 0.3) is 0 Å². The fourth-order valence-corrected chi connectivity index (χ4v) is 7.81. The van der Waals surface area contributed by atoms with E-state index in [1.165, 1.54) is 12.2 Å². The topological polar surface area (TPSA) is 160 Å². The monoisotopic (exact) mass is 892 g/mol. The summed E-state index contributed by atoms with van der Waals surface area (Å²) in [5, 5.41) is 0. The normalized spacial score (nSPS) is 11.7. The highest BCUT2D eigenvalue weighted by Gasteiger charge is 2.38. The number of fused-ring (bicyclic) bond motifs is 3. The lowest BCUT2D eigenvalue weighted by atomic mass is 9.84. The van der Waals surface area contributed by atoms with Crippen LogP contribution in [0.15, 0.2) is 60.7 Å². The summed E-state index contributed by atoms with van der Waals surface area (Å²) in [6.07, 6.45) is 10.4. The van der Waals surface area contributed by atoms with Gasteiger partial charge in [-0.05, 0) is 86.6 Å². The molecule has 4 aromatic rings. The van der Waals surface area contributed by atoms with Crippen LogP contribution in [0.4, 0.5) is 0 Å². The van der Waals surface area contributed by atoms with Crippen molar-refractivity contribution in [3.05, 3.63) is 83.0 Å². The molecule has 4 N–H and O–H groups in total. The van der Waals surface area contributed by atoms with Crippen molar-refractivity contribution in [1.29, 1.82) is 0 Å². The Labute approximate surface area is 385 Å². The lowest BCUT2D eigenvalue weighted by Gasteiger charge is -2.29. The Hall–Kier alpha value is -5.98. The first-order chi connectivity index (χ1) is 31.7. The third-order valence-electron chi connectivity index (χ3n) is 10.5. The Morgan fingerprint density at radius 3 is 1.32 bits per heavy atom.